The Bertz CT molecular complexity index is 981. The highest BCUT2D eigenvalue weighted by Crippen LogP contribution is 2.22. The Kier molecular flexibility index (Phi) is 3.92. The van der Waals surface area contributed by atoms with E-state index in [0.717, 1.165) is 36.6 Å². The predicted molar refractivity (Wildman–Crippen MR) is 97.9 cm³/mol. The molecular formula is C20H21N3O2. The number of fused-ring (bicyclic) bond motifs is 1. The van der Waals surface area contributed by atoms with Crippen molar-refractivity contribution in [3.63, 3.8) is 0 Å². The Balaban J connectivity index is 1.67. The van der Waals surface area contributed by atoms with Gasteiger partial charge in [-0.3, -0.25) is 9.59 Å². The number of pyridine rings is 1. The maximum absolute atomic E-state index is 12.4. The standard InChI is InChI=1S/C20H21N3O2/c1-23-12-14(8-7-13-5-3-2-4-6-13)16-11-17(22-18(16)20(23)25)19(24)21-15-9-10-15/h2-6,11-12,15,22H,7-10H2,1H3,(H,21,24). The van der Waals surface area contributed by atoms with Gasteiger partial charge in [-0.2, -0.15) is 0 Å². The highest BCUT2D eigenvalue weighted by molar-refractivity contribution is 5.98. The van der Waals surface area contributed by atoms with Crippen LogP contribution >= 0.6 is 0 Å². The molecule has 1 fully saturated rings. The molecule has 2 aromatic heterocycles. The summed E-state index contributed by atoms with van der Waals surface area (Å²) in [5, 5.41) is 3.81. The first-order chi connectivity index (χ1) is 12.1. The number of nitrogens with zero attached hydrogens (tertiary/aromatic N) is 1. The molecule has 25 heavy (non-hydrogen) atoms. The second kappa shape index (κ2) is 6.24. The maximum Gasteiger partial charge on any atom is 0.274 e. The van der Waals surface area contributed by atoms with Crippen LogP contribution in [0, 0.1) is 0 Å². The van der Waals surface area contributed by atoms with Crippen LogP contribution in [0.1, 0.15) is 34.5 Å². The predicted octanol–water partition coefficient (Wildman–Crippen LogP) is 2.54. The first kappa shape index (κ1) is 15.7. The molecule has 0 spiro atoms. The molecule has 0 bridgehead atoms. The molecule has 0 unspecified atom stereocenters. The zero-order valence-electron chi connectivity index (χ0n) is 14.2. The van der Waals surface area contributed by atoms with Gasteiger partial charge in [-0.1, -0.05) is 30.3 Å². The summed E-state index contributed by atoms with van der Waals surface area (Å²) >= 11 is 0. The largest absolute Gasteiger partial charge is 0.348 e. The summed E-state index contributed by atoms with van der Waals surface area (Å²) in [7, 11) is 1.75. The van der Waals surface area contributed by atoms with Gasteiger partial charge in [0, 0.05) is 24.7 Å². The number of H-pyrrole nitrogens is 1. The molecule has 2 heterocycles. The zero-order chi connectivity index (χ0) is 17.4. The quantitative estimate of drug-likeness (QED) is 0.752. The molecular weight excluding hydrogens is 314 g/mol. The lowest BCUT2D eigenvalue weighted by atomic mass is 10.0. The molecule has 128 valence electrons. The molecule has 0 saturated heterocycles. The lowest BCUT2D eigenvalue weighted by Crippen LogP contribution is -2.25. The number of hydrogen-bond acceptors (Lipinski definition) is 2. The van der Waals surface area contributed by atoms with Crippen molar-refractivity contribution in [2.24, 2.45) is 7.05 Å². The number of aromatic amines is 1. The van der Waals surface area contributed by atoms with Crippen molar-refractivity contribution in [1.82, 2.24) is 14.9 Å². The number of hydrogen-bond donors (Lipinski definition) is 2. The number of aromatic nitrogens is 2. The fourth-order valence-corrected chi connectivity index (χ4v) is 3.15. The number of rotatable bonds is 5. The zero-order valence-corrected chi connectivity index (χ0v) is 14.2. The van der Waals surface area contributed by atoms with Gasteiger partial charge in [-0.05, 0) is 42.9 Å². The van der Waals surface area contributed by atoms with Crippen LogP contribution in [-0.4, -0.2) is 21.5 Å². The highest BCUT2D eigenvalue weighted by Gasteiger charge is 2.25. The van der Waals surface area contributed by atoms with Crippen LogP contribution in [0.15, 0.2) is 47.4 Å². The Morgan fingerprint density at radius 3 is 2.72 bits per heavy atom. The minimum absolute atomic E-state index is 0.107. The molecule has 5 nitrogen and oxygen atoms in total. The topological polar surface area (TPSA) is 66.9 Å². The van der Waals surface area contributed by atoms with Crippen LogP contribution in [-0.2, 0) is 19.9 Å². The monoisotopic (exact) mass is 335 g/mol. The molecule has 1 aliphatic carbocycles. The summed E-state index contributed by atoms with van der Waals surface area (Å²) in [4.78, 5) is 27.8. The van der Waals surface area contributed by atoms with Gasteiger partial charge in [-0.15, -0.1) is 0 Å². The molecule has 4 rings (SSSR count). The van der Waals surface area contributed by atoms with Gasteiger partial charge in [-0.25, -0.2) is 0 Å². The van der Waals surface area contributed by atoms with Crippen molar-refractivity contribution >= 4 is 16.8 Å². The smallest absolute Gasteiger partial charge is 0.274 e. The molecule has 0 radical (unpaired) electrons. The van der Waals surface area contributed by atoms with Gasteiger partial charge in [0.05, 0.1) is 0 Å². The van der Waals surface area contributed by atoms with E-state index in [0.29, 0.717) is 17.3 Å². The van der Waals surface area contributed by atoms with E-state index in [1.165, 1.54) is 5.56 Å². The molecule has 3 aromatic rings. The van der Waals surface area contributed by atoms with Crippen LogP contribution < -0.4 is 10.9 Å². The third-order valence-electron chi connectivity index (χ3n) is 4.73. The Labute approximate surface area is 145 Å². The van der Waals surface area contributed by atoms with Crippen molar-refractivity contribution in [1.29, 1.82) is 0 Å². The Morgan fingerprint density at radius 2 is 2.00 bits per heavy atom. The molecule has 0 aliphatic heterocycles. The van der Waals surface area contributed by atoms with Gasteiger partial charge in [0.1, 0.15) is 11.2 Å². The molecule has 2 N–H and O–H groups in total. The van der Waals surface area contributed by atoms with E-state index in [4.69, 9.17) is 0 Å². The van der Waals surface area contributed by atoms with Gasteiger partial charge < -0.3 is 14.9 Å². The number of carbonyl (C=O) groups excluding carboxylic acids is 1. The van der Waals surface area contributed by atoms with Crippen molar-refractivity contribution in [3.05, 3.63) is 69.8 Å². The molecule has 0 atom stereocenters. The number of aryl methyl sites for hydroxylation is 3. The summed E-state index contributed by atoms with van der Waals surface area (Å²) in [5.74, 6) is -0.130. The summed E-state index contributed by atoms with van der Waals surface area (Å²) in [5.41, 5.74) is 3.19. The van der Waals surface area contributed by atoms with Gasteiger partial charge >= 0.3 is 0 Å². The van der Waals surface area contributed by atoms with E-state index < -0.39 is 0 Å². The van der Waals surface area contributed by atoms with Crippen molar-refractivity contribution < 1.29 is 4.79 Å². The lowest BCUT2D eigenvalue weighted by molar-refractivity contribution is 0.0947. The number of nitrogens with one attached hydrogen (secondary N) is 2. The Morgan fingerprint density at radius 1 is 1.24 bits per heavy atom. The van der Waals surface area contributed by atoms with E-state index in [9.17, 15) is 9.59 Å². The fraction of sp³-hybridized carbons (Fsp3) is 0.300. The molecule has 1 aliphatic rings. The van der Waals surface area contributed by atoms with E-state index in [1.54, 1.807) is 11.6 Å². The van der Waals surface area contributed by atoms with E-state index >= 15 is 0 Å². The second-order valence-electron chi connectivity index (χ2n) is 6.78. The number of carbonyl (C=O) groups is 1. The number of benzene rings is 1. The van der Waals surface area contributed by atoms with Gasteiger partial charge in [0.15, 0.2) is 0 Å². The minimum Gasteiger partial charge on any atom is -0.348 e. The molecule has 1 saturated carbocycles. The van der Waals surface area contributed by atoms with Crippen molar-refractivity contribution in [2.75, 3.05) is 0 Å². The summed E-state index contributed by atoms with van der Waals surface area (Å²) in [6.45, 7) is 0. The van der Waals surface area contributed by atoms with E-state index in [2.05, 4.69) is 22.4 Å². The average Bonchev–Trinajstić information content (AvgIpc) is 3.31. The number of amides is 1. The van der Waals surface area contributed by atoms with E-state index in [-0.39, 0.29) is 11.5 Å². The van der Waals surface area contributed by atoms with Crippen LogP contribution in [0.3, 0.4) is 0 Å². The SMILES string of the molecule is Cn1cc(CCc2ccccc2)c2cc(C(=O)NC3CC3)[nH]c2c1=O. The third kappa shape index (κ3) is 3.22. The average molecular weight is 335 g/mol. The molecule has 1 amide bonds. The third-order valence-corrected chi connectivity index (χ3v) is 4.73. The van der Waals surface area contributed by atoms with Gasteiger partial charge in [0.25, 0.3) is 11.5 Å². The van der Waals surface area contributed by atoms with Crippen LogP contribution in [0.4, 0.5) is 0 Å². The summed E-state index contributed by atoms with van der Waals surface area (Å²) < 4.78 is 1.59. The molecule has 1 aromatic carbocycles. The fourth-order valence-electron chi connectivity index (χ4n) is 3.15. The minimum atomic E-state index is -0.130. The summed E-state index contributed by atoms with van der Waals surface area (Å²) in [6, 6.07) is 12.4. The maximum atomic E-state index is 12.4. The van der Waals surface area contributed by atoms with E-state index in [1.807, 2.05) is 30.5 Å². The van der Waals surface area contributed by atoms with Crippen LogP contribution in [0.25, 0.3) is 10.9 Å². The first-order valence-corrected chi connectivity index (χ1v) is 8.68. The van der Waals surface area contributed by atoms with Crippen molar-refractivity contribution in [2.45, 2.75) is 31.7 Å². The summed E-state index contributed by atoms with van der Waals surface area (Å²) in [6.07, 6.45) is 5.66. The van der Waals surface area contributed by atoms with Gasteiger partial charge in [0.2, 0.25) is 0 Å². The lowest BCUT2D eigenvalue weighted by Gasteiger charge is -2.06. The Hall–Kier alpha value is -2.82. The first-order valence-electron chi connectivity index (χ1n) is 8.68. The highest BCUT2D eigenvalue weighted by atomic mass is 16.2. The van der Waals surface area contributed by atoms with Crippen LogP contribution in [0.5, 0.6) is 0 Å². The van der Waals surface area contributed by atoms with Crippen molar-refractivity contribution in [3.8, 4) is 0 Å². The second-order valence-corrected chi connectivity index (χ2v) is 6.78. The van der Waals surface area contributed by atoms with Crippen LogP contribution in [0.2, 0.25) is 0 Å². The normalized spacial score (nSPS) is 14.0. The molecule has 5 heteroatoms.